The maximum absolute atomic E-state index is 12.5. The van der Waals surface area contributed by atoms with Gasteiger partial charge in [0, 0.05) is 4.47 Å². The van der Waals surface area contributed by atoms with E-state index in [4.69, 9.17) is 12.2 Å². The number of hydrogen-bond acceptors (Lipinski definition) is 5. The number of para-hydroxylation sites is 1. The van der Waals surface area contributed by atoms with Gasteiger partial charge >= 0.3 is 0 Å². The lowest BCUT2D eigenvalue weighted by Crippen LogP contribution is -2.44. The van der Waals surface area contributed by atoms with Crippen molar-refractivity contribution in [3.05, 3.63) is 69.0 Å². The highest BCUT2D eigenvalue weighted by molar-refractivity contribution is 9.10. The highest BCUT2D eigenvalue weighted by Gasteiger charge is 2.34. The largest absolute Gasteiger partial charge is 0.507 e. The molecule has 0 unspecified atom stereocenters. The van der Waals surface area contributed by atoms with Crippen molar-refractivity contribution in [1.29, 1.82) is 0 Å². The van der Waals surface area contributed by atoms with Crippen LogP contribution >= 0.6 is 39.9 Å². The van der Waals surface area contributed by atoms with E-state index in [2.05, 4.69) is 21.4 Å². The van der Waals surface area contributed by atoms with Crippen molar-refractivity contribution < 1.29 is 14.7 Å². The van der Waals surface area contributed by atoms with E-state index < -0.39 is 11.8 Å². The van der Waals surface area contributed by atoms with Gasteiger partial charge in [-0.1, -0.05) is 52.0 Å². The molecule has 0 bridgehead atoms. The molecule has 0 atom stereocenters. The molecule has 2 aromatic rings. The molecule has 1 aliphatic rings. The number of halogens is 1. The zero-order valence-corrected chi connectivity index (χ0v) is 15.8. The number of thioether (sulfide) groups is 1. The van der Waals surface area contributed by atoms with E-state index in [-0.39, 0.29) is 15.6 Å². The molecule has 0 spiro atoms. The molecule has 1 aliphatic heterocycles. The number of benzene rings is 2. The monoisotopic (exact) mass is 434 g/mol. The number of aromatic hydroxyl groups is 1. The number of thiocarbonyl (C=S) groups is 1. The summed E-state index contributed by atoms with van der Waals surface area (Å²) in [5.74, 6) is -1.20. The minimum absolute atomic E-state index is 0.0625. The summed E-state index contributed by atoms with van der Waals surface area (Å²) in [5.41, 5.74) is 3.33. The maximum Gasteiger partial charge on any atom is 0.285 e. The molecule has 3 rings (SSSR count). The third kappa shape index (κ3) is 3.92. The van der Waals surface area contributed by atoms with Crippen LogP contribution in [0, 0.1) is 0 Å². The lowest BCUT2D eigenvalue weighted by Gasteiger charge is -2.16. The lowest BCUT2D eigenvalue weighted by molar-refractivity contribution is -0.123. The summed E-state index contributed by atoms with van der Waals surface area (Å²) in [5, 5.41) is 10.8. The zero-order valence-electron chi connectivity index (χ0n) is 12.6. The first-order valence-electron chi connectivity index (χ1n) is 7.08. The van der Waals surface area contributed by atoms with Crippen LogP contribution in [0.2, 0.25) is 0 Å². The van der Waals surface area contributed by atoms with Gasteiger partial charge in [-0.25, -0.2) is 0 Å². The van der Waals surface area contributed by atoms with Gasteiger partial charge in [-0.3, -0.25) is 15.0 Å². The van der Waals surface area contributed by atoms with Crippen LogP contribution in [0.15, 0.2) is 57.9 Å². The summed E-state index contributed by atoms with van der Waals surface area (Å²) in [6.07, 6.45) is 1.70. The SMILES string of the molecule is O=C(NN1C(=O)C(=Cc2cccc(Br)c2)SC1=S)c1ccccc1O. The van der Waals surface area contributed by atoms with Crippen molar-refractivity contribution >= 4 is 62.1 Å². The fraction of sp³-hybridized carbons (Fsp3) is 0. The Balaban J connectivity index is 1.80. The Labute approximate surface area is 161 Å². The number of nitrogens with one attached hydrogen (secondary N) is 1. The van der Waals surface area contributed by atoms with Gasteiger partial charge in [-0.2, -0.15) is 5.01 Å². The molecule has 5 nitrogen and oxygen atoms in total. The summed E-state index contributed by atoms with van der Waals surface area (Å²) >= 11 is 9.66. The van der Waals surface area contributed by atoms with Crippen molar-refractivity contribution in [3.63, 3.8) is 0 Å². The van der Waals surface area contributed by atoms with E-state index in [1.54, 1.807) is 18.2 Å². The summed E-state index contributed by atoms with van der Waals surface area (Å²) in [6, 6.07) is 13.5. The topological polar surface area (TPSA) is 69.6 Å². The quantitative estimate of drug-likeness (QED) is 0.569. The van der Waals surface area contributed by atoms with Crippen molar-refractivity contribution in [3.8, 4) is 5.75 Å². The number of phenolic OH excluding ortho intramolecular Hbond substituents is 1. The third-order valence-corrected chi connectivity index (χ3v) is 5.10. The molecule has 8 heteroatoms. The molecular weight excluding hydrogens is 424 g/mol. The van der Waals surface area contributed by atoms with Gasteiger partial charge in [0.15, 0.2) is 4.32 Å². The zero-order chi connectivity index (χ0) is 18.0. The number of amides is 2. The van der Waals surface area contributed by atoms with Crippen molar-refractivity contribution in [2.45, 2.75) is 0 Å². The number of hydrazine groups is 1. The number of phenols is 1. The molecule has 0 aliphatic carbocycles. The maximum atomic E-state index is 12.5. The van der Waals surface area contributed by atoms with Gasteiger partial charge in [-0.05, 0) is 48.1 Å². The van der Waals surface area contributed by atoms with Crippen LogP contribution in [-0.2, 0) is 4.79 Å². The molecule has 1 heterocycles. The first-order chi connectivity index (χ1) is 12.0. The van der Waals surface area contributed by atoms with Gasteiger partial charge in [0.25, 0.3) is 11.8 Å². The van der Waals surface area contributed by atoms with E-state index >= 15 is 0 Å². The van der Waals surface area contributed by atoms with E-state index in [1.165, 1.54) is 12.1 Å². The molecular formula is C17H11BrN2O3S2. The number of carbonyl (C=O) groups excluding carboxylic acids is 2. The Kier molecular flexibility index (Phi) is 5.22. The second kappa shape index (κ2) is 7.38. The van der Waals surface area contributed by atoms with Gasteiger partial charge in [0.1, 0.15) is 5.75 Å². The average Bonchev–Trinajstić information content (AvgIpc) is 2.83. The molecule has 0 saturated carbocycles. The Bertz CT molecular complexity index is 914. The lowest BCUT2D eigenvalue weighted by atomic mass is 10.2. The molecule has 2 amide bonds. The van der Waals surface area contributed by atoms with Gasteiger partial charge in [0.2, 0.25) is 0 Å². The van der Waals surface area contributed by atoms with Crippen LogP contribution in [0.5, 0.6) is 5.75 Å². The van der Waals surface area contributed by atoms with E-state index in [1.807, 2.05) is 24.3 Å². The van der Waals surface area contributed by atoms with E-state index in [0.29, 0.717) is 4.91 Å². The fourth-order valence-electron chi connectivity index (χ4n) is 2.14. The Morgan fingerprint density at radius 2 is 2.00 bits per heavy atom. The minimum atomic E-state index is -0.613. The summed E-state index contributed by atoms with van der Waals surface area (Å²) in [4.78, 5) is 25.2. The Hall–Kier alpha value is -2.16. The molecule has 25 heavy (non-hydrogen) atoms. The van der Waals surface area contributed by atoms with Gasteiger partial charge in [-0.15, -0.1) is 0 Å². The van der Waals surface area contributed by atoms with Crippen LogP contribution < -0.4 is 5.43 Å². The molecule has 0 aromatic heterocycles. The average molecular weight is 435 g/mol. The molecule has 126 valence electrons. The third-order valence-electron chi connectivity index (χ3n) is 3.30. The highest BCUT2D eigenvalue weighted by atomic mass is 79.9. The summed E-state index contributed by atoms with van der Waals surface area (Å²) < 4.78 is 1.11. The number of rotatable bonds is 3. The first-order valence-corrected chi connectivity index (χ1v) is 9.10. The van der Waals surface area contributed by atoms with Crippen LogP contribution in [0.25, 0.3) is 6.08 Å². The number of hydrogen-bond donors (Lipinski definition) is 2. The molecule has 2 N–H and O–H groups in total. The normalized spacial score (nSPS) is 15.7. The predicted molar refractivity (Wildman–Crippen MR) is 105 cm³/mol. The first kappa shape index (κ1) is 17.7. The van der Waals surface area contributed by atoms with Crippen LogP contribution in [-0.4, -0.2) is 26.3 Å². The predicted octanol–water partition coefficient (Wildman–Crippen LogP) is 3.70. The van der Waals surface area contributed by atoms with E-state index in [9.17, 15) is 14.7 Å². The molecule has 2 aromatic carbocycles. The fourth-order valence-corrected chi connectivity index (χ4v) is 3.74. The molecule has 1 fully saturated rings. The van der Waals surface area contributed by atoms with Gasteiger partial charge in [0.05, 0.1) is 10.5 Å². The summed E-state index contributed by atoms with van der Waals surface area (Å²) in [7, 11) is 0. The van der Waals surface area contributed by atoms with Crippen molar-refractivity contribution in [2.24, 2.45) is 0 Å². The van der Waals surface area contributed by atoms with Crippen molar-refractivity contribution in [2.75, 3.05) is 0 Å². The Morgan fingerprint density at radius 1 is 1.24 bits per heavy atom. The van der Waals surface area contributed by atoms with E-state index in [0.717, 1.165) is 26.8 Å². The highest BCUT2D eigenvalue weighted by Crippen LogP contribution is 2.32. The van der Waals surface area contributed by atoms with Crippen LogP contribution in [0.4, 0.5) is 0 Å². The second-order valence-corrected chi connectivity index (χ2v) is 7.62. The van der Waals surface area contributed by atoms with Crippen molar-refractivity contribution in [1.82, 2.24) is 10.4 Å². The summed E-state index contributed by atoms with van der Waals surface area (Å²) in [6.45, 7) is 0. The van der Waals surface area contributed by atoms with Crippen LogP contribution in [0.1, 0.15) is 15.9 Å². The standard InChI is InChI=1S/C17H11BrN2O3S2/c18-11-5-3-4-10(8-11)9-14-16(23)20(17(24)25-14)19-15(22)12-6-1-2-7-13(12)21/h1-9,21H,(H,19,22). The molecule has 0 radical (unpaired) electrons. The Morgan fingerprint density at radius 3 is 2.72 bits per heavy atom. The second-order valence-electron chi connectivity index (χ2n) is 5.03. The van der Waals surface area contributed by atoms with Gasteiger partial charge < -0.3 is 5.11 Å². The van der Waals surface area contributed by atoms with Crippen LogP contribution in [0.3, 0.4) is 0 Å². The minimum Gasteiger partial charge on any atom is -0.507 e. The number of nitrogens with zero attached hydrogens (tertiary/aromatic N) is 1. The smallest absolute Gasteiger partial charge is 0.285 e. The number of carbonyl (C=O) groups is 2. The molecule has 1 saturated heterocycles.